The van der Waals surface area contributed by atoms with Crippen LogP contribution >= 0.6 is 11.6 Å². The topological polar surface area (TPSA) is 93.7 Å². The van der Waals surface area contributed by atoms with Gasteiger partial charge in [0.05, 0.1) is 31.7 Å². The van der Waals surface area contributed by atoms with Crippen molar-refractivity contribution in [1.82, 2.24) is 0 Å². The van der Waals surface area contributed by atoms with Crippen LogP contribution in [0.5, 0.6) is 11.5 Å². The van der Waals surface area contributed by atoms with E-state index in [-0.39, 0.29) is 17.0 Å². The molecule has 2 rings (SSSR count). The third kappa shape index (κ3) is 5.01. The number of hydrogen-bond donors (Lipinski definition) is 2. The van der Waals surface area contributed by atoms with Crippen LogP contribution in [-0.4, -0.2) is 34.8 Å². The molecular formula is C16H17ClN2O5S. The van der Waals surface area contributed by atoms with Crippen LogP contribution in [0.3, 0.4) is 0 Å². The van der Waals surface area contributed by atoms with Crippen LogP contribution in [0, 0.1) is 0 Å². The molecule has 0 heterocycles. The van der Waals surface area contributed by atoms with Crippen LogP contribution in [0.1, 0.15) is 10.4 Å². The van der Waals surface area contributed by atoms with Crippen LogP contribution in [0.4, 0.5) is 11.4 Å². The highest BCUT2D eigenvalue weighted by molar-refractivity contribution is 7.92. The monoisotopic (exact) mass is 384 g/mol. The van der Waals surface area contributed by atoms with Gasteiger partial charge in [0.2, 0.25) is 10.0 Å². The fourth-order valence-electron chi connectivity index (χ4n) is 2.11. The second kappa shape index (κ2) is 7.62. The van der Waals surface area contributed by atoms with Gasteiger partial charge in [0, 0.05) is 16.8 Å². The van der Waals surface area contributed by atoms with Crippen molar-refractivity contribution < 1.29 is 22.7 Å². The van der Waals surface area contributed by atoms with Crippen molar-refractivity contribution in [3.05, 3.63) is 47.0 Å². The van der Waals surface area contributed by atoms with Gasteiger partial charge in [-0.25, -0.2) is 8.42 Å². The highest BCUT2D eigenvalue weighted by Crippen LogP contribution is 2.30. The fourth-order valence-corrected chi connectivity index (χ4v) is 2.85. The molecule has 2 aromatic rings. The summed E-state index contributed by atoms with van der Waals surface area (Å²) in [5.41, 5.74) is 0.957. The predicted octanol–water partition coefficient (Wildman–Crippen LogP) is 2.98. The van der Waals surface area contributed by atoms with Crippen LogP contribution in [0.2, 0.25) is 5.02 Å². The maximum absolute atomic E-state index is 12.5. The first-order valence-electron chi connectivity index (χ1n) is 7.04. The third-order valence-electron chi connectivity index (χ3n) is 3.16. The van der Waals surface area contributed by atoms with Gasteiger partial charge in [-0.05, 0) is 30.3 Å². The molecule has 0 saturated carbocycles. The average molecular weight is 385 g/mol. The van der Waals surface area contributed by atoms with Crippen molar-refractivity contribution in [1.29, 1.82) is 0 Å². The molecule has 0 atom stereocenters. The van der Waals surface area contributed by atoms with Gasteiger partial charge in [0.15, 0.2) is 0 Å². The molecule has 0 aliphatic rings. The minimum absolute atomic E-state index is 0.265. The maximum atomic E-state index is 12.5. The first-order chi connectivity index (χ1) is 11.7. The zero-order chi connectivity index (χ0) is 18.6. The van der Waals surface area contributed by atoms with Crippen LogP contribution < -0.4 is 19.5 Å². The summed E-state index contributed by atoms with van der Waals surface area (Å²) in [6, 6.07) is 9.24. The first kappa shape index (κ1) is 18.9. The molecule has 0 radical (unpaired) electrons. The number of rotatable bonds is 6. The molecule has 25 heavy (non-hydrogen) atoms. The quantitative estimate of drug-likeness (QED) is 0.798. The van der Waals surface area contributed by atoms with Gasteiger partial charge in [-0.15, -0.1) is 0 Å². The van der Waals surface area contributed by atoms with Gasteiger partial charge in [0.1, 0.15) is 11.5 Å². The highest BCUT2D eigenvalue weighted by atomic mass is 35.5. The number of nitrogens with one attached hydrogen (secondary N) is 2. The van der Waals surface area contributed by atoms with E-state index in [1.807, 2.05) is 0 Å². The van der Waals surface area contributed by atoms with Crippen molar-refractivity contribution in [2.45, 2.75) is 0 Å². The SMILES string of the molecule is COc1cc(NC(=O)c2cc(Cl)ccc2OC)ccc1NS(C)(=O)=O. The molecule has 0 fully saturated rings. The molecule has 1 amide bonds. The van der Waals surface area contributed by atoms with E-state index in [2.05, 4.69) is 10.0 Å². The molecule has 0 saturated heterocycles. The summed E-state index contributed by atoms with van der Waals surface area (Å²) in [6.07, 6.45) is 1.04. The number of carbonyl (C=O) groups is 1. The normalized spacial score (nSPS) is 10.9. The van der Waals surface area contributed by atoms with E-state index in [0.29, 0.717) is 16.5 Å². The Morgan fingerprint density at radius 1 is 1.04 bits per heavy atom. The van der Waals surface area contributed by atoms with E-state index in [1.54, 1.807) is 18.2 Å². The molecule has 0 aromatic heterocycles. The number of halogens is 1. The number of carbonyl (C=O) groups excluding carboxylic acids is 1. The number of amides is 1. The van der Waals surface area contributed by atoms with E-state index < -0.39 is 15.9 Å². The average Bonchev–Trinajstić information content (AvgIpc) is 2.54. The lowest BCUT2D eigenvalue weighted by Crippen LogP contribution is -2.14. The zero-order valence-electron chi connectivity index (χ0n) is 13.8. The number of methoxy groups -OCH3 is 2. The summed E-state index contributed by atoms with van der Waals surface area (Å²) < 4.78 is 35.4. The summed E-state index contributed by atoms with van der Waals surface area (Å²) in [5.74, 6) is 0.218. The third-order valence-corrected chi connectivity index (χ3v) is 3.99. The highest BCUT2D eigenvalue weighted by Gasteiger charge is 2.15. The number of benzene rings is 2. The number of sulfonamides is 1. The van der Waals surface area contributed by atoms with E-state index >= 15 is 0 Å². The molecule has 0 bridgehead atoms. The van der Waals surface area contributed by atoms with Crippen LogP contribution in [0.25, 0.3) is 0 Å². The minimum Gasteiger partial charge on any atom is -0.496 e. The maximum Gasteiger partial charge on any atom is 0.259 e. The van der Waals surface area contributed by atoms with Crippen molar-refractivity contribution in [2.75, 3.05) is 30.5 Å². The predicted molar refractivity (Wildman–Crippen MR) is 97.4 cm³/mol. The Bertz CT molecular complexity index is 899. The molecule has 0 unspecified atom stereocenters. The standard InChI is InChI=1S/C16H17ClN2O5S/c1-23-14-7-4-10(17)8-12(14)16(20)18-11-5-6-13(15(9-11)24-2)19-25(3,21)22/h4-9,19H,1-3H3,(H,18,20). The Morgan fingerprint density at radius 2 is 1.72 bits per heavy atom. The lowest BCUT2D eigenvalue weighted by Gasteiger charge is -2.13. The molecule has 134 valence electrons. The Morgan fingerprint density at radius 3 is 2.32 bits per heavy atom. The summed E-state index contributed by atoms with van der Waals surface area (Å²) in [6.45, 7) is 0. The Kier molecular flexibility index (Phi) is 5.76. The molecule has 2 N–H and O–H groups in total. The molecule has 2 aromatic carbocycles. The number of hydrogen-bond acceptors (Lipinski definition) is 5. The Labute approximate surface area is 151 Å². The van der Waals surface area contributed by atoms with Crippen molar-refractivity contribution in [3.63, 3.8) is 0 Å². The van der Waals surface area contributed by atoms with E-state index in [1.165, 1.54) is 32.4 Å². The molecule has 9 heteroatoms. The summed E-state index contributed by atoms with van der Waals surface area (Å²) in [5, 5.41) is 3.09. The fraction of sp³-hybridized carbons (Fsp3) is 0.188. The Balaban J connectivity index is 2.29. The Hall–Kier alpha value is -2.45. The largest absolute Gasteiger partial charge is 0.496 e. The minimum atomic E-state index is -3.45. The molecular weight excluding hydrogens is 368 g/mol. The lowest BCUT2D eigenvalue weighted by atomic mass is 10.1. The molecule has 0 aliphatic heterocycles. The van der Waals surface area contributed by atoms with E-state index in [9.17, 15) is 13.2 Å². The summed E-state index contributed by atoms with van der Waals surface area (Å²) >= 11 is 5.93. The van der Waals surface area contributed by atoms with Gasteiger partial charge < -0.3 is 14.8 Å². The zero-order valence-corrected chi connectivity index (χ0v) is 15.4. The smallest absolute Gasteiger partial charge is 0.259 e. The van der Waals surface area contributed by atoms with Gasteiger partial charge in [-0.1, -0.05) is 11.6 Å². The van der Waals surface area contributed by atoms with Crippen molar-refractivity contribution >= 4 is 38.9 Å². The van der Waals surface area contributed by atoms with Gasteiger partial charge >= 0.3 is 0 Å². The number of anilines is 2. The summed E-state index contributed by atoms with van der Waals surface area (Å²) in [7, 11) is -0.601. The van der Waals surface area contributed by atoms with E-state index in [4.69, 9.17) is 21.1 Å². The van der Waals surface area contributed by atoms with Crippen LogP contribution in [0.15, 0.2) is 36.4 Å². The second-order valence-electron chi connectivity index (χ2n) is 5.09. The molecule has 0 aliphatic carbocycles. The number of ether oxygens (including phenoxy) is 2. The summed E-state index contributed by atoms with van der Waals surface area (Å²) in [4.78, 5) is 12.5. The van der Waals surface area contributed by atoms with Gasteiger partial charge in [0.25, 0.3) is 5.91 Å². The van der Waals surface area contributed by atoms with Crippen molar-refractivity contribution in [3.8, 4) is 11.5 Å². The van der Waals surface area contributed by atoms with Gasteiger partial charge in [-0.3, -0.25) is 9.52 Å². The molecule has 7 nitrogen and oxygen atoms in total. The van der Waals surface area contributed by atoms with Crippen LogP contribution in [-0.2, 0) is 10.0 Å². The molecule has 0 spiro atoms. The lowest BCUT2D eigenvalue weighted by molar-refractivity contribution is 0.102. The van der Waals surface area contributed by atoms with Gasteiger partial charge in [-0.2, -0.15) is 0 Å². The second-order valence-corrected chi connectivity index (χ2v) is 7.27. The van der Waals surface area contributed by atoms with Crippen molar-refractivity contribution in [2.24, 2.45) is 0 Å². The van der Waals surface area contributed by atoms with E-state index in [0.717, 1.165) is 6.26 Å². The first-order valence-corrected chi connectivity index (χ1v) is 9.31.